The van der Waals surface area contributed by atoms with E-state index in [0.29, 0.717) is 26.1 Å². The summed E-state index contributed by atoms with van der Waals surface area (Å²) in [7, 11) is 0. The number of rotatable bonds is 6. The minimum atomic E-state index is -0.933. The second kappa shape index (κ2) is 10.2. The van der Waals surface area contributed by atoms with Gasteiger partial charge in [-0.3, -0.25) is 14.4 Å². The summed E-state index contributed by atoms with van der Waals surface area (Å²) in [5.74, 6) is -1.18. The molecule has 0 aliphatic carbocycles. The normalized spacial score (nSPS) is 32.5. The van der Waals surface area contributed by atoms with Gasteiger partial charge >= 0.3 is 0 Å². The molecule has 0 saturated carbocycles. The number of hydrogen-bond donors (Lipinski definition) is 1. The summed E-state index contributed by atoms with van der Waals surface area (Å²) in [5, 5.41) is 10.3. The first-order valence-electron chi connectivity index (χ1n) is 14.3. The molecule has 4 aliphatic heterocycles. The summed E-state index contributed by atoms with van der Waals surface area (Å²) in [6, 6.07) is 6.13. The number of hydrogen-bond acceptors (Lipinski definition) is 6. The molecular formula is C31H41N3O5S. The van der Waals surface area contributed by atoms with E-state index in [9.17, 15) is 19.5 Å². The van der Waals surface area contributed by atoms with Crippen LogP contribution in [-0.4, -0.2) is 86.0 Å². The third-order valence-electron chi connectivity index (χ3n) is 8.84. The molecule has 40 heavy (non-hydrogen) atoms. The number of nitrogens with zero attached hydrogens (tertiary/aromatic N) is 3. The van der Waals surface area contributed by atoms with Gasteiger partial charge in [-0.25, -0.2) is 0 Å². The van der Waals surface area contributed by atoms with Crippen LogP contribution in [0.1, 0.15) is 48.0 Å². The fraction of sp³-hybridized carbons (Fsp3) is 0.581. The number of carbonyl (C=O) groups is 3. The Morgan fingerprint density at radius 3 is 2.27 bits per heavy atom. The molecule has 3 amide bonds. The highest BCUT2D eigenvalue weighted by Gasteiger charge is 2.74. The highest BCUT2D eigenvalue weighted by Crippen LogP contribution is 2.66. The van der Waals surface area contributed by atoms with Crippen molar-refractivity contribution in [3.63, 3.8) is 0 Å². The zero-order valence-corrected chi connectivity index (χ0v) is 25.1. The summed E-state index contributed by atoms with van der Waals surface area (Å²) in [4.78, 5) is 48.6. The number of benzene rings is 1. The highest BCUT2D eigenvalue weighted by atomic mass is 32.2. The Balaban J connectivity index is 1.63. The third kappa shape index (κ3) is 4.28. The molecule has 0 bridgehead atoms. The first kappa shape index (κ1) is 28.7. The van der Waals surface area contributed by atoms with Crippen LogP contribution in [0.15, 0.2) is 48.6 Å². The number of aliphatic hydroxyl groups is 1. The summed E-state index contributed by atoms with van der Waals surface area (Å²) < 4.78 is 3.97. The van der Waals surface area contributed by atoms with E-state index in [1.807, 2.05) is 88.9 Å². The van der Waals surface area contributed by atoms with E-state index in [-0.39, 0.29) is 24.3 Å². The third-order valence-corrected chi connectivity index (χ3v) is 10.6. The van der Waals surface area contributed by atoms with Gasteiger partial charge in [0.1, 0.15) is 11.8 Å². The molecule has 4 aliphatic rings. The maximum Gasteiger partial charge on any atom is 0.247 e. The lowest BCUT2D eigenvalue weighted by molar-refractivity contribution is -0.148. The number of carbonyl (C=O) groups excluding carboxylic acids is 3. The first-order valence-corrected chi connectivity index (χ1v) is 15.1. The quantitative estimate of drug-likeness (QED) is 0.528. The molecule has 0 aromatic heterocycles. The Morgan fingerprint density at radius 1 is 1.00 bits per heavy atom. The van der Waals surface area contributed by atoms with E-state index in [2.05, 4.69) is 6.08 Å². The van der Waals surface area contributed by atoms with Gasteiger partial charge in [-0.05, 0) is 65.3 Å². The molecule has 8 nitrogen and oxygen atoms in total. The number of fused-ring (bicyclic) bond motifs is 2. The fourth-order valence-electron chi connectivity index (χ4n) is 6.99. The molecule has 0 radical (unpaired) electrons. The van der Waals surface area contributed by atoms with Gasteiger partial charge in [-0.2, -0.15) is 0 Å². The van der Waals surface area contributed by atoms with E-state index in [0.717, 1.165) is 11.4 Å². The van der Waals surface area contributed by atoms with Crippen LogP contribution in [0.25, 0.3) is 0 Å². The molecule has 9 heteroatoms. The number of ether oxygens (including phenoxy) is 1. The summed E-state index contributed by atoms with van der Waals surface area (Å²) in [5.41, 5.74) is 0.276. The molecule has 216 valence electrons. The highest BCUT2D eigenvalue weighted by molar-refractivity contribution is 8.02. The van der Waals surface area contributed by atoms with Crippen molar-refractivity contribution < 1.29 is 24.2 Å². The van der Waals surface area contributed by atoms with E-state index in [1.165, 1.54) is 0 Å². The maximum atomic E-state index is 14.5. The predicted octanol–water partition coefficient (Wildman–Crippen LogP) is 3.64. The van der Waals surface area contributed by atoms with Crippen molar-refractivity contribution >= 4 is 35.2 Å². The molecular weight excluding hydrogens is 526 g/mol. The number of aliphatic hydroxyl groups excluding tert-OH is 1. The summed E-state index contributed by atoms with van der Waals surface area (Å²) >= 11 is 1.57. The Hall–Kier alpha value is -2.78. The van der Waals surface area contributed by atoms with Gasteiger partial charge in [0.25, 0.3) is 0 Å². The first-order chi connectivity index (χ1) is 18.9. The fourth-order valence-corrected chi connectivity index (χ4v) is 9.14. The van der Waals surface area contributed by atoms with Crippen LogP contribution in [-0.2, 0) is 14.4 Å². The van der Waals surface area contributed by atoms with Crippen LogP contribution in [0, 0.1) is 11.8 Å². The molecule has 1 unspecified atom stereocenters. The van der Waals surface area contributed by atoms with Crippen molar-refractivity contribution in [3.8, 4) is 5.75 Å². The molecule has 1 aromatic rings. The van der Waals surface area contributed by atoms with Gasteiger partial charge in [0.15, 0.2) is 0 Å². The SMILES string of the molecule is CCOc1ccc(N2CC=C[C@]3(C)S[C@]45C=CCN(C(C)(C)C)C(=O)C4N([C@@H](CC)CO)C(=O)[C@@H]5[C@@H]3C2=O)cc1. The monoisotopic (exact) mass is 567 g/mol. The number of amides is 3. The van der Waals surface area contributed by atoms with Crippen molar-refractivity contribution in [2.45, 2.75) is 75.1 Å². The largest absolute Gasteiger partial charge is 0.494 e. The molecule has 2 saturated heterocycles. The number of anilines is 1. The van der Waals surface area contributed by atoms with Crippen LogP contribution >= 0.6 is 11.8 Å². The number of thioether (sulfide) groups is 1. The average Bonchev–Trinajstić information content (AvgIpc) is 3.16. The zero-order chi connectivity index (χ0) is 29.0. The van der Waals surface area contributed by atoms with Crippen LogP contribution in [0.3, 0.4) is 0 Å². The molecule has 5 rings (SSSR count). The standard InChI is InChI=1S/C31H41N3O5S/c1-7-20(19-35)34-25-28(38)33(29(3,4)5)18-10-16-31(25)24(27(34)37)23-26(36)32(17-9-15-30(23,6)40-31)21-11-13-22(14-12-21)39-8-2/h9-16,20,23-25,35H,7-8,17-19H2,1-6H3/t20-,23+,24-,25?,30-,31-/m0/s1. The van der Waals surface area contributed by atoms with Crippen LogP contribution in [0.4, 0.5) is 5.69 Å². The van der Waals surface area contributed by atoms with Crippen LogP contribution < -0.4 is 9.64 Å². The van der Waals surface area contributed by atoms with Gasteiger partial charge in [0.2, 0.25) is 17.7 Å². The number of likely N-dealkylation sites (tertiary alicyclic amines) is 1. The summed E-state index contributed by atoms with van der Waals surface area (Å²) in [6.07, 6.45) is 8.59. The van der Waals surface area contributed by atoms with E-state index < -0.39 is 39.0 Å². The summed E-state index contributed by atoms with van der Waals surface area (Å²) in [6.45, 7) is 13.0. The van der Waals surface area contributed by atoms with Crippen LogP contribution in [0.2, 0.25) is 0 Å². The Labute approximate surface area is 241 Å². The van der Waals surface area contributed by atoms with Gasteiger partial charge in [-0.1, -0.05) is 31.2 Å². The van der Waals surface area contributed by atoms with Crippen molar-refractivity contribution in [2.75, 3.05) is 31.2 Å². The van der Waals surface area contributed by atoms with Crippen molar-refractivity contribution in [3.05, 3.63) is 48.6 Å². The van der Waals surface area contributed by atoms with Crippen molar-refractivity contribution in [1.82, 2.24) is 9.80 Å². The Kier molecular flexibility index (Phi) is 7.36. The molecule has 6 atom stereocenters. The van der Waals surface area contributed by atoms with Crippen molar-refractivity contribution in [2.24, 2.45) is 11.8 Å². The predicted molar refractivity (Wildman–Crippen MR) is 157 cm³/mol. The zero-order valence-electron chi connectivity index (χ0n) is 24.3. The van der Waals surface area contributed by atoms with Gasteiger partial charge in [-0.15, -0.1) is 11.8 Å². The van der Waals surface area contributed by atoms with Gasteiger partial charge in [0.05, 0.1) is 35.8 Å². The maximum absolute atomic E-state index is 14.5. The average molecular weight is 568 g/mol. The second-order valence-electron chi connectivity index (χ2n) is 12.3. The Bertz CT molecular complexity index is 1240. The van der Waals surface area contributed by atoms with E-state index in [4.69, 9.17) is 4.74 Å². The lowest BCUT2D eigenvalue weighted by Crippen LogP contribution is -2.59. The molecule has 2 fully saturated rings. The molecule has 1 aromatic carbocycles. The van der Waals surface area contributed by atoms with Gasteiger partial charge in [0, 0.05) is 29.1 Å². The van der Waals surface area contributed by atoms with Gasteiger partial charge < -0.3 is 24.5 Å². The molecule has 1 spiro atoms. The Morgan fingerprint density at radius 2 is 1.68 bits per heavy atom. The minimum Gasteiger partial charge on any atom is -0.494 e. The molecule has 1 N–H and O–H groups in total. The topological polar surface area (TPSA) is 90.4 Å². The van der Waals surface area contributed by atoms with Crippen LogP contribution in [0.5, 0.6) is 5.75 Å². The lowest BCUT2D eigenvalue weighted by atomic mass is 9.74. The van der Waals surface area contributed by atoms with Crippen molar-refractivity contribution in [1.29, 1.82) is 0 Å². The minimum absolute atomic E-state index is 0.130. The molecule has 4 heterocycles. The second-order valence-corrected chi connectivity index (χ2v) is 14.1. The lowest BCUT2D eigenvalue weighted by Gasteiger charge is -2.42. The van der Waals surface area contributed by atoms with E-state index in [1.54, 1.807) is 21.6 Å². The van der Waals surface area contributed by atoms with E-state index >= 15 is 0 Å². The smallest absolute Gasteiger partial charge is 0.247 e.